The summed E-state index contributed by atoms with van der Waals surface area (Å²) in [6.45, 7) is 2.25. The summed E-state index contributed by atoms with van der Waals surface area (Å²) in [5.41, 5.74) is 0. The van der Waals surface area contributed by atoms with E-state index in [1.807, 2.05) is 0 Å². The Morgan fingerprint density at radius 1 is 1.30 bits per heavy atom. The van der Waals surface area contributed by atoms with Crippen molar-refractivity contribution in [2.45, 2.75) is 63.6 Å². The predicted octanol–water partition coefficient (Wildman–Crippen LogP) is 2.67. The summed E-state index contributed by atoms with van der Waals surface area (Å²) >= 11 is 0. The van der Waals surface area contributed by atoms with Gasteiger partial charge in [-0.25, -0.2) is 4.79 Å². The van der Waals surface area contributed by atoms with E-state index in [1.165, 1.54) is 12.8 Å². The maximum absolute atomic E-state index is 10.9. The van der Waals surface area contributed by atoms with Crippen LogP contribution in [0.2, 0.25) is 0 Å². The summed E-state index contributed by atoms with van der Waals surface area (Å²) in [4.78, 5) is 15.3. The minimum atomic E-state index is -0.923. The van der Waals surface area contributed by atoms with Gasteiger partial charge >= 0.3 is 5.97 Å². The fourth-order valence-corrected chi connectivity index (χ4v) is 3.21. The highest BCUT2D eigenvalue weighted by Gasteiger charge is 2.35. The van der Waals surface area contributed by atoms with Gasteiger partial charge in [-0.15, -0.1) is 0 Å². The van der Waals surface area contributed by atoms with E-state index in [2.05, 4.69) is 17.1 Å². The normalized spacial score (nSPS) is 34.2. The van der Waals surface area contributed by atoms with Gasteiger partial charge < -0.3 is 14.4 Å². The van der Waals surface area contributed by atoms with Crippen molar-refractivity contribution in [3.05, 3.63) is 11.7 Å². The molecule has 2 fully saturated rings. The Labute approximate surface area is 117 Å². The smallest absolute Gasteiger partial charge is 0.332 e. The number of carbonyl (C=O) groups is 1. The van der Waals surface area contributed by atoms with E-state index in [9.17, 15) is 4.79 Å². The topological polar surface area (TPSA) is 85.5 Å². The molecule has 1 aliphatic heterocycles. The molecule has 0 aromatic carbocycles. The number of aromatic nitrogens is 2. The molecule has 4 atom stereocenters. The van der Waals surface area contributed by atoms with Crippen molar-refractivity contribution in [2.24, 2.45) is 5.92 Å². The number of rotatable bonds is 3. The number of carboxylic acid groups (broad SMARTS) is 1. The standard InChI is InChI=1S/C14H20N2O4/c1-8-3-2-4-9(7-8)12-15-13(20-16-12)10-5-6-11(19-10)14(17)18/h8-11H,2-7H2,1H3,(H,17,18). The van der Waals surface area contributed by atoms with Gasteiger partial charge in [-0.1, -0.05) is 24.9 Å². The third kappa shape index (κ3) is 2.70. The maximum Gasteiger partial charge on any atom is 0.332 e. The second-order valence-corrected chi connectivity index (χ2v) is 5.99. The van der Waals surface area contributed by atoms with Gasteiger partial charge in [0.1, 0.15) is 6.10 Å². The molecule has 6 heteroatoms. The largest absolute Gasteiger partial charge is 0.479 e. The monoisotopic (exact) mass is 280 g/mol. The minimum absolute atomic E-state index is 0.363. The lowest BCUT2D eigenvalue weighted by molar-refractivity contribution is -0.150. The van der Waals surface area contributed by atoms with Gasteiger partial charge in [0.15, 0.2) is 11.9 Å². The molecule has 2 aliphatic rings. The first kappa shape index (κ1) is 13.5. The van der Waals surface area contributed by atoms with E-state index in [0.29, 0.717) is 30.6 Å². The summed E-state index contributed by atoms with van der Waals surface area (Å²) in [5.74, 6) is 1.34. The number of ether oxygens (including phenoxy) is 1. The molecule has 0 spiro atoms. The average Bonchev–Trinajstić information content (AvgIpc) is 3.08. The van der Waals surface area contributed by atoms with Crippen molar-refractivity contribution in [1.29, 1.82) is 0 Å². The van der Waals surface area contributed by atoms with E-state index in [-0.39, 0.29) is 6.10 Å². The maximum atomic E-state index is 10.9. The molecular formula is C14H20N2O4. The van der Waals surface area contributed by atoms with Crippen molar-refractivity contribution >= 4 is 5.97 Å². The van der Waals surface area contributed by atoms with Crippen LogP contribution in [0, 0.1) is 5.92 Å². The van der Waals surface area contributed by atoms with E-state index in [1.54, 1.807) is 0 Å². The highest BCUT2D eigenvalue weighted by atomic mass is 16.5. The summed E-state index contributed by atoms with van der Waals surface area (Å²) in [6, 6.07) is 0. The fourth-order valence-electron chi connectivity index (χ4n) is 3.21. The molecule has 20 heavy (non-hydrogen) atoms. The first-order chi connectivity index (χ1) is 9.63. The molecule has 1 N–H and O–H groups in total. The molecule has 4 unspecified atom stereocenters. The molecular weight excluding hydrogens is 260 g/mol. The SMILES string of the molecule is CC1CCCC(c2noc(C3CCC(C(=O)O)O3)n2)C1. The zero-order valence-electron chi connectivity index (χ0n) is 11.6. The van der Waals surface area contributed by atoms with Gasteiger partial charge in [0, 0.05) is 5.92 Å². The van der Waals surface area contributed by atoms with Crippen molar-refractivity contribution in [3.8, 4) is 0 Å². The van der Waals surface area contributed by atoms with Crippen LogP contribution in [0.5, 0.6) is 0 Å². The Kier molecular flexibility index (Phi) is 3.74. The van der Waals surface area contributed by atoms with Crippen LogP contribution in [0.15, 0.2) is 4.52 Å². The number of hydrogen-bond acceptors (Lipinski definition) is 5. The van der Waals surface area contributed by atoms with Crippen molar-refractivity contribution in [2.75, 3.05) is 0 Å². The lowest BCUT2D eigenvalue weighted by Crippen LogP contribution is -2.18. The van der Waals surface area contributed by atoms with Gasteiger partial charge in [0.2, 0.25) is 0 Å². The summed E-state index contributed by atoms with van der Waals surface area (Å²) in [7, 11) is 0. The van der Waals surface area contributed by atoms with E-state index >= 15 is 0 Å². The molecule has 0 bridgehead atoms. The third-order valence-corrected chi connectivity index (χ3v) is 4.33. The number of hydrogen-bond donors (Lipinski definition) is 1. The zero-order valence-corrected chi connectivity index (χ0v) is 11.6. The Bertz CT molecular complexity index is 487. The molecule has 110 valence electrons. The van der Waals surface area contributed by atoms with Gasteiger partial charge in [-0.05, 0) is 31.6 Å². The van der Waals surface area contributed by atoms with Crippen molar-refractivity contribution in [1.82, 2.24) is 10.1 Å². The van der Waals surface area contributed by atoms with Crippen LogP contribution in [0.4, 0.5) is 0 Å². The van der Waals surface area contributed by atoms with Crippen LogP contribution < -0.4 is 0 Å². The molecule has 1 aromatic rings. The third-order valence-electron chi connectivity index (χ3n) is 4.33. The first-order valence-corrected chi connectivity index (χ1v) is 7.35. The van der Waals surface area contributed by atoms with Gasteiger partial charge in [0.05, 0.1) is 0 Å². The molecule has 6 nitrogen and oxygen atoms in total. The minimum Gasteiger partial charge on any atom is -0.479 e. The quantitative estimate of drug-likeness (QED) is 0.916. The number of aliphatic carboxylic acids is 1. The van der Waals surface area contributed by atoms with Gasteiger partial charge in [-0.3, -0.25) is 0 Å². The van der Waals surface area contributed by atoms with Crippen LogP contribution in [-0.2, 0) is 9.53 Å². The average molecular weight is 280 g/mol. The van der Waals surface area contributed by atoms with Crippen LogP contribution in [0.1, 0.15) is 69.2 Å². The zero-order chi connectivity index (χ0) is 14.1. The lowest BCUT2D eigenvalue weighted by Gasteiger charge is -2.23. The molecule has 1 saturated heterocycles. The summed E-state index contributed by atoms with van der Waals surface area (Å²) in [6.07, 6.45) is 4.69. The molecule has 0 amide bonds. The summed E-state index contributed by atoms with van der Waals surface area (Å²) in [5, 5.41) is 13.0. The first-order valence-electron chi connectivity index (χ1n) is 7.35. The number of carboxylic acids is 1. The Morgan fingerprint density at radius 3 is 2.85 bits per heavy atom. The Morgan fingerprint density at radius 2 is 2.15 bits per heavy atom. The second-order valence-electron chi connectivity index (χ2n) is 5.99. The van der Waals surface area contributed by atoms with E-state index in [4.69, 9.17) is 14.4 Å². The molecule has 3 rings (SSSR count). The number of nitrogens with zero attached hydrogens (tertiary/aromatic N) is 2. The molecule has 1 aromatic heterocycles. The summed E-state index contributed by atoms with van der Waals surface area (Å²) < 4.78 is 10.7. The van der Waals surface area contributed by atoms with Crippen LogP contribution in [0.25, 0.3) is 0 Å². The van der Waals surface area contributed by atoms with Gasteiger partial charge in [-0.2, -0.15) is 4.98 Å². The lowest BCUT2D eigenvalue weighted by atomic mass is 9.82. The fraction of sp³-hybridized carbons (Fsp3) is 0.786. The van der Waals surface area contributed by atoms with Crippen molar-refractivity contribution in [3.63, 3.8) is 0 Å². The second kappa shape index (κ2) is 5.52. The van der Waals surface area contributed by atoms with Crippen LogP contribution in [0.3, 0.4) is 0 Å². The van der Waals surface area contributed by atoms with Gasteiger partial charge in [0.25, 0.3) is 5.89 Å². The van der Waals surface area contributed by atoms with Crippen LogP contribution >= 0.6 is 0 Å². The Hall–Kier alpha value is -1.43. The predicted molar refractivity (Wildman–Crippen MR) is 69.2 cm³/mol. The van der Waals surface area contributed by atoms with Crippen LogP contribution in [-0.4, -0.2) is 27.3 Å². The van der Waals surface area contributed by atoms with Crippen molar-refractivity contribution < 1.29 is 19.2 Å². The van der Waals surface area contributed by atoms with E-state index in [0.717, 1.165) is 18.7 Å². The molecule has 2 heterocycles. The molecule has 0 radical (unpaired) electrons. The highest BCUT2D eigenvalue weighted by Crippen LogP contribution is 2.36. The highest BCUT2D eigenvalue weighted by molar-refractivity contribution is 5.72. The van der Waals surface area contributed by atoms with E-state index < -0.39 is 12.1 Å². The Balaban J connectivity index is 1.66. The molecule has 1 aliphatic carbocycles. The molecule has 1 saturated carbocycles.